The lowest BCUT2D eigenvalue weighted by Gasteiger charge is -2.05. The maximum Gasteiger partial charge on any atom is 0.294 e. The van der Waals surface area contributed by atoms with Crippen molar-refractivity contribution in [3.05, 3.63) is 6.92 Å². The van der Waals surface area contributed by atoms with Crippen molar-refractivity contribution < 1.29 is 14.6 Å². The van der Waals surface area contributed by atoms with Crippen LogP contribution in [0.1, 0.15) is 0 Å². The molecule has 0 aliphatic carbocycles. The van der Waals surface area contributed by atoms with Crippen molar-refractivity contribution in [2.24, 2.45) is 5.73 Å². The van der Waals surface area contributed by atoms with E-state index >= 15 is 0 Å². The average Bonchev–Trinajstić information content (AvgIpc) is 1.67. The molecule has 2 atom stereocenters. The van der Waals surface area contributed by atoms with E-state index in [0.29, 0.717) is 0 Å². The van der Waals surface area contributed by atoms with Crippen molar-refractivity contribution in [1.82, 2.24) is 0 Å². The van der Waals surface area contributed by atoms with Gasteiger partial charge in [-0.3, -0.25) is 10.5 Å². The minimum absolute atomic E-state index is 0.166. The van der Waals surface area contributed by atoms with Crippen molar-refractivity contribution in [2.75, 3.05) is 0 Å². The quantitative estimate of drug-likeness (QED) is 0.273. The topological polar surface area (TPSA) is 72.6 Å². The Balaban J connectivity index is 3.30. The zero-order chi connectivity index (χ0) is 6.57. The van der Waals surface area contributed by atoms with Crippen LogP contribution in [0.4, 0.5) is 0 Å². The standard InChI is InChI=1S/C4H8NO3/c1-3(7)4(5)8-2-6/h2-4,7H,1,5H2/q+1. The average molecular weight is 118 g/mol. The van der Waals surface area contributed by atoms with E-state index in [1.807, 2.05) is 0 Å². The van der Waals surface area contributed by atoms with Crippen LogP contribution in [0.25, 0.3) is 0 Å². The van der Waals surface area contributed by atoms with Crippen LogP contribution in [-0.2, 0) is 9.53 Å². The summed E-state index contributed by atoms with van der Waals surface area (Å²) in [6.45, 7) is 3.27. The van der Waals surface area contributed by atoms with Crippen molar-refractivity contribution in [3.63, 3.8) is 0 Å². The molecule has 0 aliphatic rings. The monoisotopic (exact) mass is 118 g/mol. The van der Waals surface area contributed by atoms with E-state index in [1.165, 1.54) is 0 Å². The van der Waals surface area contributed by atoms with Crippen LogP contribution in [-0.4, -0.2) is 23.9 Å². The number of nitrogens with two attached hydrogens (primary N) is 1. The summed E-state index contributed by atoms with van der Waals surface area (Å²) in [5.74, 6) is 0. The zero-order valence-corrected chi connectivity index (χ0v) is 4.28. The van der Waals surface area contributed by atoms with Gasteiger partial charge in [-0.25, -0.2) is 0 Å². The number of hydrogen-bond donors (Lipinski definition) is 2. The van der Waals surface area contributed by atoms with Crippen LogP contribution in [0.3, 0.4) is 0 Å². The highest BCUT2D eigenvalue weighted by molar-refractivity contribution is 5.37. The summed E-state index contributed by atoms with van der Waals surface area (Å²) in [6.07, 6.45) is -2.06. The second kappa shape index (κ2) is 3.29. The molecule has 0 aromatic heterocycles. The van der Waals surface area contributed by atoms with Crippen molar-refractivity contribution in [1.29, 1.82) is 0 Å². The highest BCUT2D eigenvalue weighted by Gasteiger charge is 2.14. The Morgan fingerprint density at radius 1 is 1.88 bits per heavy atom. The lowest BCUT2D eigenvalue weighted by molar-refractivity contribution is -0.137. The summed E-state index contributed by atoms with van der Waals surface area (Å²) in [4.78, 5) is 9.48. The highest BCUT2D eigenvalue weighted by atomic mass is 16.5. The Labute approximate surface area is 47.2 Å². The number of carbonyl (C=O) groups excluding carboxylic acids is 1. The number of rotatable bonds is 3. The van der Waals surface area contributed by atoms with Crippen LogP contribution in [0.2, 0.25) is 0 Å². The molecule has 0 aromatic rings. The Morgan fingerprint density at radius 2 is 2.38 bits per heavy atom. The third-order valence-electron chi connectivity index (χ3n) is 0.592. The normalized spacial score (nSPS) is 16.8. The Morgan fingerprint density at radius 3 is 2.50 bits per heavy atom. The van der Waals surface area contributed by atoms with Gasteiger partial charge >= 0.3 is 0 Å². The Bertz CT molecular complexity index is 73.7. The fourth-order valence-corrected chi connectivity index (χ4v) is 0.155. The van der Waals surface area contributed by atoms with Crippen molar-refractivity contribution in [3.8, 4) is 0 Å². The van der Waals surface area contributed by atoms with E-state index in [2.05, 4.69) is 11.7 Å². The number of aliphatic hydroxyl groups excluding tert-OH is 1. The maximum absolute atomic E-state index is 9.48. The molecule has 0 bridgehead atoms. The molecule has 3 N–H and O–H groups in total. The fourth-order valence-electron chi connectivity index (χ4n) is 0.155. The lowest BCUT2D eigenvalue weighted by Crippen LogP contribution is -2.34. The molecule has 0 aromatic carbocycles. The second-order valence-corrected chi connectivity index (χ2v) is 1.26. The van der Waals surface area contributed by atoms with E-state index < -0.39 is 12.3 Å². The van der Waals surface area contributed by atoms with Gasteiger partial charge in [0.15, 0.2) is 0 Å². The first kappa shape index (κ1) is 7.26. The van der Waals surface area contributed by atoms with Gasteiger partial charge in [-0.15, -0.1) is 0 Å². The van der Waals surface area contributed by atoms with Gasteiger partial charge in [0.05, 0.1) is 6.92 Å². The molecular weight excluding hydrogens is 110 g/mol. The van der Waals surface area contributed by atoms with Crippen molar-refractivity contribution in [2.45, 2.75) is 12.3 Å². The molecule has 4 heteroatoms. The third-order valence-corrected chi connectivity index (χ3v) is 0.592. The molecule has 0 radical (unpaired) electrons. The first-order chi connectivity index (χ1) is 3.68. The van der Waals surface area contributed by atoms with Gasteiger partial charge in [-0.1, -0.05) is 0 Å². The third kappa shape index (κ3) is 2.44. The number of aliphatic hydroxyl groups is 1. The fraction of sp³-hybridized carbons (Fsp3) is 0.500. The summed E-state index contributed by atoms with van der Waals surface area (Å²) in [7, 11) is 0. The van der Waals surface area contributed by atoms with Crippen LogP contribution in [0, 0.1) is 6.92 Å². The molecule has 0 amide bonds. The molecule has 0 aliphatic heterocycles. The summed E-state index contributed by atoms with van der Waals surface area (Å²) >= 11 is 0. The first-order valence-electron chi connectivity index (χ1n) is 2.04. The minimum Gasteiger partial charge on any atom is -0.441 e. The number of ether oxygens (including phenoxy) is 1. The molecule has 0 fully saturated rings. The largest absolute Gasteiger partial charge is 0.441 e. The van der Waals surface area contributed by atoms with Gasteiger partial charge in [0.1, 0.15) is 0 Å². The Kier molecular flexibility index (Phi) is 2.98. The molecule has 0 saturated heterocycles. The van der Waals surface area contributed by atoms with Gasteiger partial charge in [0, 0.05) is 0 Å². The molecule has 46 valence electrons. The van der Waals surface area contributed by atoms with Crippen LogP contribution < -0.4 is 5.73 Å². The predicted molar refractivity (Wildman–Crippen MR) is 26.5 cm³/mol. The van der Waals surface area contributed by atoms with Gasteiger partial charge in [-0.2, -0.15) is 0 Å². The van der Waals surface area contributed by atoms with Gasteiger partial charge < -0.3 is 9.84 Å². The van der Waals surface area contributed by atoms with Gasteiger partial charge in [-0.05, 0) is 0 Å². The van der Waals surface area contributed by atoms with Crippen LogP contribution in [0.15, 0.2) is 0 Å². The number of hydrogen-bond acceptors (Lipinski definition) is 4. The molecule has 2 unspecified atom stereocenters. The molecule has 8 heavy (non-hydrogen) atoms. The number of carbonyl (C=O) groups is 1. The summed E-state index contributed by atoms with van der Waals surface area (Å²) < 4.78 is 4.09. The van der Waals surface area contributed by atoms with E-state index in [0.717, 1.165) is 0 Å². The second-order valence-electron chi connectivity index (χ2n) is 1.26. The van der Waals surface area contributed by atoms with E-state index in [1.54, 1.807) is 0 Å². The summed E-state index contributed by atoms with van der Waals surface area (Å²) in [6, 6.07) is 0. The predicted octanol–water partition coefficient (Wildman–Crippen LogP) is -1.36. The SMILES string of the molecule is [CH2+]C(O)C(N)OC=O. The van der Waals surface area contributed by atoms with E-state index in [4.69, 9.17) is 10.8 Å². The van der Waals surface area contributed by atoms with Crippen LogP contribution >= 0.6 is 0 Å². The molecule has 0 heterocycles. The van der Waals surface area contributed by atoms with Gasteiger partial charge in [0.2, 0.25) is 12.3 Å². The maximum atomic E-state index is 9.48. The summed E-state index contributed by atoms with van der Waals surface area (Å²) in [5.41, 5.74) is 4.96. The molecule has 4 nitrogen and oxygen atoms in total. The minimum atomic E-state index is -1.06. The zero-order valence-electron chi connectivity index (χ0n) is 4.28. The van der Waals surface area contributed by atoms with E-state index in [9.17, 15) is 4.79 Å². The lowest BCUT2D eigenvalue weighted by atomic mass is 10.4. The molecule has 0 rings (SSSR count). The van der Waals surface area contributed by atoms with Crippen molar-refractivity contribution >= 4 is 6.47 Å². The summed E-state index contributed by atoms with van der Waals surface area (Å²) in [5, 5.41) is 8.43. The smallest absolute Gasteiger partial charge is 0.294 e. The Hall–Kier alpha value is -0.740. The van der Waals surface area contributed by atoms with Crippen LogP contribution in [0.5, 0.6) is 0 Å². The molecular formula is C4H8NO3+. The first-order valence-corrected chi connectivity index (χ1v) is 2.04. The molecule has 0 spiro atoms. The highest BCUT2D eigenvalue weighted by Crippen LogP contribution is 1.85. The molecule has 0 saturated carbocycles. The van der Waals surface area contributed by atoms with Gasteiger partial charge in [0.25, 0.3) is 6.47 Å². The van der Waals surface area contributed by atoms with E-state index in [-0.39, 0.29) is 6.47 Å².